The average molecular weight is 360 g/mol. The van der Waals surface area contributed by atoms with Crippen molar-refractivity contribution < 1.29 is 4.74 Å². The summed E-state index contributed by atoms with van der Waals surface area (Å²) in [5.74, 6) is 1.43. The van der Waals surface area contributed by atoms with Gasteiger partial charge in [-0.15, -0.1) is 0 Å². The second-order valence-corrected chi connectivity index (χ2v) is 6.09. The first-order valence-corrected chi connectivity index (χ1v) is 8.51. The van der Waals surface area contributed by atoms with Crippen molar-refractivity contribution in [2.45, 2.75) is 0 Å². The van der Waals surface area contributed by atoms with Gasteiger partial charge in [-0.1, -0.05) is 42.5 Å². The minimum Gasteiger partial charge on any atom is -0.497 e. The number of H-pyrrole nitrogens is 1. The van der Waals surface area contributed by atoms with Crippen LogP contribution in [0.3, 0.4) is 0 Å². The summed E-state index contributed by atoms with van der Waals surface area (Å²) in [5, 5.41) is 14.0. The lowest BCUT2D eigenvalue weighted by Gasteiger charge is -2.04. The quantitative estimate of drug-likeness (QED) is 0.426. The number of nitrogens with one attached hydrogen (secondary N) is 1. The van der Waals surface area contributed by atoms with Gasteiger partial charge in [-0.3, -0.25) is 0 Å². The molecule has 0 aliphatic heterocycles. The number of ether oxygens (including phenoxy) is 1. The molecule has 1 heterocycles. The summed E-state index contributed by atoms with van der Waals surface area (Å²) in [5.41, 5.74) is 1.92. The number of aromatic amines is 1. The van der Waals surface area contributed by atoms with Crippen molar-refractivity contribution in [2.24, 2.45) is 5.10 Å². The summed E-state index contributed by atoms with van der Waals surface area (Å²) in [7, 11) is 1.64. The molecule has 4 aromatic rings. The van der Waals surface area contributed by atoms with Gasteiger partial charge in [0.05, 0.1) is 13.3 Å². The maximum atomic E-state index is 5.34. The van der Waals surface area contributed by atoms with Gasteiger partial charge in [-0.05, 0) is 47.3 Å². The third kappa shape index (κ3) is 3.02. The zero-order valence-electron chi connectivity index (χ0n) is 14.1. The molecular formula is C20H16N4OS. The van der Waals surface area contributed by atoms with E-state index in [2.05, 4.69) is 33.5 Å². The number of fused-ring (bicyclic) bond motifs is 1. The summed E-state index contributed by atoms with van der Waals surface area (Å²) >= 11 is 5.34. The van der Waals surface area contributed by atoms with Crippen LogP contribution in [0.25, 0.3) is 22.2 Å². The van der Waals surface area contributed by atoms with Gasteiger partial charge < -0.3 is 4.74 Å². The van der Waals surface area contributed by atoms with Crippen LogP contribution in [0.2, 0.25) is 0 Å². The highest BCUT2D eigenvalue weighted by atomic mass is 32.1. The van der Waals surface area contributed by atoms with E-state index in [4.69, 9.17) is 17.0 Å². The molecule has 5 nitrogen and oxygen atoms in total. The van der Waals surface area contributed by atoms with Crippen molar-refractivity contribution >= 4 is 29.2 Å². The number of hydrogen-bond acceptors (Lipinski definition) is 4. The van der Waals surface area contributed by atoms with Gasteiger partial charge in [0, 0.05) is 11.1 Å². The van der Waals surface area contributed by atoms with Crippen LogP contribution in [0, 0.1) is 4.77 Å². The number of methoxy groups -OCH3 is 1. The first kappa shape index (κ1) is 16.2. The molecule has 0 fully saturated rings. The fraction of sp³-hybridized carbons (Fsp3) is 0.0500. The Morgan fingerprint density at radius 3 is 2.62 bits per heavy atom. The van der Waals surface area contributed by atoms with Crippen LogP contribution in [0.4, 0.5) is 0 Å². The Morgan fingerprint density at radius 2 is 1.81 bits per heavy atom. The number of nitrogens with zero attached hydrogens (tertiary/aromatic N) is 3. The molecule has 0 amide bonds. The van der Waals surface area contributed by atoms with Gasteiger partial charge in [0.1, 0.15) is 5.75 Å². The Bertz CT molecular complexity index is 1140. The SMILES string of the molecule is COc1ccc(-c2n[nH]c(=S)n2N=Cc2cccc3ccccc23)cc1. The van der Waals surface area contributed by atoms with E-state index in [1.54, 1.807) is 18.0 Å². The maximum Gasteiger partial charge on any atom is 0.216 e. The molecule has 0 saturated carbocycles. The van der Waals surface area contributed by atoms with Gasteiger partial charge in [0.25, 0.3) is 0 Å². The van der Waals surface area contributed by atoms with Crippen LogP contribution < -0.4 is 4.74 Å². The molecule has 0 saturated heterocycles. The third-order valence-corrected chi connectivity index (χ3v) is 4.40. The van der Waals surface area contributed by atoms with Crippen LogP contribution in [-0.2, 0) is 0 Å². The molecule has 0 atom stereocenters. The number of rotatable bonds is 4. The van der Waals surface area contributed by atoms with E-state index in [-0.39, 0.29) is 0 Å². The first-order chi connectivity index (χ1) is 12.8. The number of aromatic nitrogens is 3. The molecular weight excluding hydrogens is 344 g/mol. The molecule has 4 rings (SSSR count). The average Bonchev–Trinajstić information content (AvgIpc) is 3.07. The predicted molar refractivity (Wildman–Crippen MR) is 106 cm³/mol. The number of benzene rings is 3. The molecule has 0 spiro atoms. The molecule has 0 radical (unpaired) electrons. The normalized spacial score (nSPS) is 11.3. The predicted octanol–water partition coefficient (Wildman–Crippen LogP) is 4.65. The second-order valence-electron chi connectivity index (χ2n) is 5.71. The molecule has 3 aromatic carbocycles. The first-order valence-electron chi connectivity index (χ1n) is 8.10. The highest BCUT2D eigenvalue weighted by Gasteiger charge is 2.08. The zero-order valence-corrected chi connectivity index (χ0v) is 14.9. The van der Waals surface area contributed by atoms with Crippen molar-refractivity contribution in [3.05, 3.63) is 77.1 Å². The van der Waals surface area contributed by atoms with Gasteiger partial charge in [-0.25, -0.2) is 5.10 Å². The highest BCUT2D eigenvalue weighted by Crippen LogP contribution is 2.21. The Hall–Kier alpha value is -3.25. The maximum absolute atomic E-state index is 5.34. The summed E-state index contributed by atoms with van der Waals surface area (Å²) in [6, 6.07) is 21.9. The van der Waals surface area contributed by atoms with Gasteiger partial charge in [0.15, 0.2) is 5.82 Å². The molecule has 26 heavy (non-hydrogen) atoms. The molecule has 0 aliphatic rings. The van der Waals surface area contributed by atoms with Gasteiger partial charge >= 0.3 is 0 Å². The summed E-state index contributed by atoms with van der Waals surface area (Å²) in [6.45, 7) is 0. The van der Waals surface area contributed by atoms with Crippen molar-refractivity contribution in [3.63, 3.8) is 0 Å². The molecule has 128 valence electrons. The Labute approximate surface area is 155 Å². The number of hydrogen-bond donors (Lipinski definition) is 1. The smallest absolute Gasteiger partial charge is 0.216 e. The molecule has 0 aliphatic carbocycles. The van der Waals surface area contributed by atoms with Gasteiger partial charge in [0.2, 0.25) is 4.77 Å². The van der Waals surface area contributed by atoms with Gasteiger partial charge in [-0.2, -0.15) is 14.9 Å². The summed E-state index contributed by atoms with van der Waals surface area (Å²) in [6.07, 6.45) is 1.81. The monoisotopic (exact) mass is 360 g/mol. The van der Waals surface area contributed by atoms with E-state index in [0.717, 1.165) is 22.3 Å². The van der Waals surface area contributed by atoms with E-state index in [1.807, 2.05) is 48.5 Å². The molecule has 1 aromatic heterocycles. The second kappa shape index (κ2) is 6.93. The van der Waals surface area contributed by atoms with Crippen LogP contribution in [0.1, 0.15) is 5.56 Å². The summed E-state index contributed by atoms with van der Waals surface area (Å²) in [4.78, 5) is 0. The lowest BCUT2D eigenvalue weighted by Crippen LogP contribution is -1.95. The van der Waals surface area contributed by atoms with E-state index in [1.165, 1.54) is 5.39 Å². The van der Waals surface area contributed by atoms with Crippen LogP contribution >= 0.6 is 12.2 Å². The molecule has 0 unspecified atom stereocenters. The van der Waals surface area contributed by atoms with Crippen molar-refractivity contribution in [2.75, 3.05) is 7.11 Å². The van der Waals surface area contributed by atoms with Crippen LogP contribution in [0.15, 0.2) is 71.8 Å². The zero-order chi connectivity index (χ0) is 17.9. The van der Waals surface area contributed by atoms with Crippen LogP contribution in [0.5, 0.6) is 5.75 Å². The minimum atomic E-state index is 0.437. The van der Waals surface area contributed by atoms with E-state index < -0.39 is 0 Å². The van der Waals surface area contributed by atoms with E-state index >= 15 is 0 Å². The Balaban J connectivity index is 1.75. The minimum absolute atomic E-state index is 0.437. The molecule has 0 bridgehead atoms. The van der Waals surface area contributed by atoms with Crippen molar-refractivity contribution in [1.29, 1.82) is 0 Å². The third-order valence-electron chi connectivity index (χ3n) is 4.13. The lowest BCUT2D eigenvalue weighted by molar-refractivity contribution is 0.415. The van der Waals surface area contributed by atoms with Crippen molar-refractivity contribution in [3.8, 4) is 17.1 Å². The Kier molecular flexibility index (Phi) is 4.33. The van der Waals surface area contributed by atoms with Crippen molar-refractivity contribution in [1.82, 2.24) is 14.9 Å². The standard InChI is InChI=1S/C20H16N4OS/c1-25-17-11-9-15(10-12-17)19-22-23-20(26)24(19)21-13-16-7-4-6-14-5-2-3-8-18(14)16/h2-13H,1H3,(H,23,26). The fourth-order valence-electron chi connectivity index (χ4n) is 2.81. The van der Waals surface area contributed by atoms with E-state index in [0.29, 0.717) is 10.6 Å². The molecule has 6 heteroatoms. The lowest BCUT2D eigenvalue weighted by atomic mass is 10.1. The highest BCUT2D eigenvalue weighted by molar-refractivity contribution is 7.71. The summed E-state index contributed by atoms with van der Waals surface area (Å²) < 4.78 is 7.26. The fourth-order valence-corrected chi connectivity index (χ4v) is 2.99. The topological polar surface area (TPSA) is 55.2 Å². The van der Waals surface area contributed by atoms with Crippen LogP contribution in [-0.4, -0.2) is 28.2 Å². The van der Waals surface area contributed by atoms with E-state index in [9.17, 15) is 0 Å². The molecule has 1 N–H and O–H groups in total. The largest absolute Gasteiger partial charge is 0.497 e. The Morgan fingerprint density at radius 1 is 1.04 bits per heavy atom.